The normalized spacial score (nSPS) is 21.3. The van der Waals surface area contributed by atoms with E-state index in [9.17, 15) is 0 Å². The summed E-state index contributed by atoms with van der Waals surface area (Å²) in [5.41, 5.74) is 2.64. The highest BCUT2D eigenvalue weighted by molar-refractivity contribution is 9.10. The standard InChI is InChI=1S/C14H17BrN2S/c1-10-4-5-11(15)12(8-10)16-13-17-14(9-18-13)6-2-3-7-14/h4-5,8H,2-3,6-7,9H2,1H3,(H,16,17). The van der Waals surface area contributed by atoms with Gasteiger partial charge in [0.05, 0.1) is 11.2 Å². The first-order valence-electron chi connectivity index (χ1n) is 6.43. The number of anilines is 1. The average Bonchev–Trinajstić information content (AvgIpc) is 2.95. The molecule has 0 saturated heterocycles. The van der Waals surface area contributed by atoms with Crippen LogP contribution in [-0.4, -0.2) is 16.5 Å². The van der Waals surface area contributed by atoms with E-state index in [0.29, 0.717) is 0 Å². The predicted octanol–water partition coefficient (Wildman–Crippen LogP) is 4.59. The Bertz CT molecular complexity index is 493. The second kappa shape index (κ2) is 4.89. The van der Waals surface area contributed by atoms with Gasteiger partial charge in [-0.1, -0.05) is 30.7 Å². The fraction of sp³-hybridized carbons (Fsp3) is 0.500. The summed E-state index contributed by atoms with van der Waals surface area (Å²) < 4.78 is 1.10. The molecule has 1 saturated carbocycles. The largest absolute Gasteiger partial charge is 0.334 e. The smallest absolute Gasteiger partial charge is 0.161 e. The molecule has 1 fully saturated rings. The van der Waals surface area contributed by atoms with Gasteiger partial charge in [-0.25, -0.2) is 0 Å². The molecule has 2 aliphatic rings. The van der Waals surface area contributed by atoms with E-state index in [1.807, 2.05) is 11.8 Å². The Balaban J connectivity index is 1.79. The molecule has 1 spiro atoms. The first-order chi connectivity index (χ1) is 8.67. The number of hydrogen-bond donors (Lipinski definition) is 1. The van der Waals surface area contributed by atoms with Crippen LogP contribution in [0.3, 0.4) is 0 Å². The average molecular weight is 325 g/mol. The van der Waals surface area contributed by atoms with Crippen molar-refractivity contribution in [1.29, 1.82) is 0 Å². The first-order valence-corrected chi connectivity index (χ1v) is 8.21. The summed E-state index contributed by atoms with van der Waals surface area (Å²) in [6.07, 6.45) is 5.21. The summed E-state index contributed by atoms with van der Waals surface area (Å²) in [6, 6.07) is 6.35. The summed E-state index contributed by atoms with van der Waals surface area (Å²) >= 11 is 5.45. The number of nitrogens with one attached hydrogen (secondary N) is 1. The van der Waals surface area contributed by atoms with Gasteiger partial charge in [0.15, 0.2) is 5.17 Å². The molecule has 0 atom stereocenters. The van der Waals surface area contributed by atoms with Gasteiger partial charge in [0, 0.05) is 10.2 Å². The number of amidine groups is 1. The molecular formula is C14H17BrN2S. The van der Waals surface area contributed by atoms with Crippen molar-refractivity contribution in [2.24, 2.45) is 4.99 Å². The minimum Gasteiger partial charge on any atom is -0.334 e. The number of thioether (sulfide) groups is 1. The van der Waals surface area contributed by atoms with Crippen LogP contribution in [0.5, 0.6) is 0 Å². The number of benzene rings is 1. The zero-order valence-electron chi connectivity index (χ0n) is 10.5. The third-order valence-corrected chi connectivity index (χ3v) is 5.55. The lowest BCUT2D eigenvalue weighted by atomic mass is 10.0. The molecule has 0 unspecified atom stereocenters. The van der Waals surface area contributed by atoms with Crippen LogP contribution in [0, 0.1) is 6.92 Å². The molecule has 2 nitrogen and oxygen atoms in total. The first kappa shape index (κ1) is 12.5. The van der Waals surface area contributed by atoms with Crippen molar-refractivity contribution in [2.45, 2.75) is 38.1 Å². The van der Waals surface area contributed by atoms with Gasteiger partial charge in [-0.05, 0) is 53.4 Å². The van der Waals surface area contributed by atoms with Crippen molar-refractivity contribution >= 4 is 38.5 Å². The Hall–Kier alpha value is -0.480. The van der Waals surface area contributed by atoms with Crippen LogP contribution < -0.4 is 5.32 Å². The monoisotopic (exact) mass is 324 g/mol. The fourth-order valence-electron chi connectivity index (χ4n) is 2.69. The predicted molar refractivity (Wildman–Crippen MR) is 83.6 cm³/mol. The Morgan fingerprint density at radius 3 is 2.89 bits per heavy atom. The maximum Gasteiger partial charge on any atom is 0.161 e. The number of nitrogens with zero attached hydrogens (tertiary/aromatic N) is 1. The van der Waals surface area contributed by atoms with Crippen LogP contribution in [0.1, 0.15) is 31.2 Å². The van der Waals surface area contributed by atoms with Gasteiger partial charge in [0.2, 0.25) is 0 Å². The molecule has 18 heavy (non-hydrogen) atoms. The van der Waals surface area contributed by atoms with Crippen molar-refractivity contribution in [3.63, 3.8) is 0 Å². The number of aliphatic imine (C=N–C) groups is 1. The zero-order chi connectivity index (χ0) is 12.6. The molecule has 4 heteroatoms. The molecule has 1 aliphatic heterocycles. The Kier molecular flexibility index (Phi) is 3.41. The number of rotatable bonds is 1. The van der Waals surface area contributed by atoms with E-state index >= 15 is 0 Å². The maximum absolute atomic E-state index is 4.93. The van der Waals surface area contributed by atoms with Crippen LogP contribution in [0.4, 0.5) is 5.69 Å². The van der Waals surface area contributed by atoms with E-state index < -0.39 is 0 Å². The van der Waals surface area contributed by atoms with Crippen molar-refractivity contribution < 1.29 is 0 Å². The molecule has 1 aromatic rings. The van der Waals surface area contributed by atoms with E-state index in [1.165, 1.54) is 31.2 Å². The quantitative estimate of drug-likeness (QED) is 0.817. The summed E-state index contributed by atoms with van der Waals surface area (Å²) in [5.74, 6) is 1.15. The highest BCUT2D eigenvalue weighted by Crippen LogP contribution is 2.41. The second-order valence-corrected chi connectivity index (χ2v) is 7.06. The molecular weight excluding hydrogens is 308 g/mol. The molecule has 1 aliphatic carbocycles. The van der Waals surface area contributed by atoms with Gasteiger partial charge >= 0.3 is 0 Å². The van der Waals surface area contributed by atoms with Crippen LogP contribution in [-0.2, 0) is 0 Å². The summed E-state index contributed by atoms with van der Waals surface area (Å²) in [4.78, 5) is 4.93. The van der Waals surface area contributed by atoms with Crippen molar-refractivity contribution in [3.05, 3.63) is 28.2 Å². The molecule has 1 aromatic carbocycles. The fourth-order valence-corrected chi connectivity index (χ4v) is 4.23. The van der Waals surface area contributed by atoms with E-state index in [2.05, 4.69) is 46.4 Å². The summed E-state index contributed by atoms with van der Waals surface area (Å²) in [6.45, 7) is 2.11. The third-order valence-electron chi connectivity index (χ3n) is 3.71. The van der Waals surface area contributed by atoms with Crippen LogP contribution in [0.25, 0.3) is 0 Å². The summed E-state index contributed by atoms with van der Waals surface area (Å²) in [5, 5.41) is 4.55. The minimum atomic E-state index is 0.253. The van der Waals surface area contributed by atoms with Gasteiger partial charge in [0.1, 0.15) is 0 Å². The van der Waals surface area contributed by atoms with E-state index in [4.69, 9.17) is 4.99 Å². The Labute approximate surface area is 121 Å². The lowest BCUT2D eigenvalue weighted by Gasteiger charge is -2.16. The van der Waals surface area contributed by atoms with Gasteiger partial charge in [-0.15, -0.1) is 0 Å². The lowest BCUT2D eigenvalue weighted by Crippen LogP contribution is -2.21. The maximum atomic E-state index is 4.93. The Morgan fingerprint density at radius 2 is 2.11 bits per heavy atom. The van der Waals surface area contributed by atoms with Crippen molar-refractivity contribution in [3.8, 4) is 0 Å². The third kappa shape index (κ3) is 2.45. The van der Waals surface area contributed by atoms with E-state index in [0.717, 1.165) is 21.1 Å². The highest BCUT2D eigenvalue weighted by atomic mass is 79.9. The lowest BCUT2D eigenvalue weighted by molar-refractivity contribution is 0.508. The number of hydrogen-bond acceptors (Lipinski definition) is 3. The molecule has 0 amide bonds. The van der Waals surface area contributed by atoms with E-state index in [-0.39, 0.29) is 5.54 Å². The van der Waals surface area contributed by atoms with E-state index in [1.54, 1.807) is 0 Å². The molecule has 0 bridgehead atoms. The topological polar surface area (TPSA) is 24.4 Å². The van der Waals surface area contributed by atoms with Gasteiger partial charge in [0.25, 0.3) is 0 Å². The van der Waals surface area contributed by atoms with Gasteiger partial charge in [-0.2, -0.15) is 0 Å². The minimum absolute atomic E-state index is 0.253. The van der Waals surface area contributed by atoms with Crippen molar-refractivity contribution in [1.82, 2.24) is 0 Å². The number of aryl methyl sites for hydroxylation is 1. The van der Waals surface area contributed by atoms with Crippen molar-refractivity contribution in [2.75, 3.05) is 11.1 Å². The van der Waals surface area contributed by atoms with Crippen LogP contribution in [0.15, 0.2) is 27.7 Å². The molecule has 1 heterocycles. The molecule has 1 N–H and O–H groups in total. The van der Waals surface area contributed by atoms with Crippen LogP contribution >= 0.6 is 27.7 Å². The van der Waals surface area contributed by atoms with Gasteiger partial charge in [-0.3, -0.25) is 4.99 Å². The summed E-state index contributed by atoms with van der Waals surface area (Å²) in [7, 11) is 0. The molecule has 96 valence electrons. The second-order valence-electron chi connectivity index (χ2n) is 5.25. The highest BCUT2D eigenvalue weighted by Gasteiger charge is 2.38. The molecule has 0 radical (unpaired) electrons. The van der Waals surface area contributed by atoms with Gasteiger partial charge < -0.3 is 5.32 Å². The Morgan fingerprint density at radius 1 is 1.33 bits per heavy atom. The molecule has 0 aromatic heterocycles. The molecule has 3 rings (SSSR count). The SMILES string of the molecule is Cc1ccc(Br)c(NC2=NC3(CCCC3)CS2)c1. The van der Waals surface area contributed by atoms with Crippen LogP contribution in [0.2, 0.25) is 0 Å². The number of halogens is 1. The zero-order valence-corrected chi connectivity index (χ0v) is 12.9.